The first-order valence-corrected chi connectivity index (χ1v) is 5.93. The van der Waals surface area contributed by atoms with Crippen LogP contribution < -0.4 is 16.0 Å². The third-order valence-corrected chi connectivity index (χ3v) is 2.28. The van der Waals surface area contributed by atoms with Gasteiger partial charge in [0.1, 0.15) is 0 Å². The van der Waals surface area contributed by atoms with Gasteiger partial charge in [0.05, 0.1) is 17.8 Å². The number of pyridine rings is 1. The van der Waals surface area contributed by atoms with Gasteiger partial charge in [-0.05, 0) is 12.1 Å². The summed E-state index contributed by atoms with van der Waals surface area (Å²) in [5, 5.41) is 16.4. The van der Waals surface area contributed by atoms with Crippen molar-refractivity contribution in [3.8, 4) is 0 Å². The van der Waals surface area contributed by atoms with E-state index in [1.165, 1.54) is 25.3 Å². The molecule has 0 spiro atoms. The number of aromatic nitrogens is 1. The maximum Gasteiger partial charge on any atom is 0.335 e. The molecular formula is C12H16N4O4. The van der Waals surface area contributed by atoms with Crippen molar-refractivity contribution in [3.63, 3.8) is 0 Å². The molecule has 1 heterocycles. The summed E-state index contributed by atoms with van der Waals surface area (Å²) in [6.45, 7) is 2.15. The fraction of sp³-hybridized carbons (Fsp3) is 0.333. The Morgan fingerprint density at radius 2 is 1.90 bits per heavy atom. The minimum atomic E-state index is -1.05. The zero-order valence-electron chi connectivity index (χ0n) is 11.0. The Hall–Kier alpha value is -2.64. The highest BCUT2D eigenvalue weighted by atomic mass is 16.4. The monoisotopic (exact) mass is 280 g/mol. The van der Waals surface area contributed by atoms with E-state index in [9.17, 15) is 14.4 Å². The summed E-state index contributed by atoms with van der Waals surface area (Å²) in [6, 6.07) is 2.34. The first-order chi connectivity index (χ1) is 9.49. The molecule has 0 aliphatic heterocycles. The molecule has 4 N–H and O–H groups in total. The van der Waals surface area contributed by atoms with Crippen molar-refractivity contribution in [2.45, 2.75) is 13.5 Å². The molecule has 0 fully saturated rings. The molecule has 0 atom stereocenters. The number of aromatic carboxylic acids is 1. The number of carboxylic acid groups (broad SMARTS) is 1. The molecule has 0 aliphatic rings. The molecule has 3 amide bonds. The Morgan fingerprint density at radius 1 is 1.20 bits per heavy atom. The van der Waals surface area contributed by atoms with Gasteiger partial charge in [0.15, 0.2) is 0 Å². The lowest BCUT2D eigenvalue weighted by Crippen LogP contribution is -2.39. The smallest absolute Gasteiger partial charge is 0.335 e. The Balaban J connectivity index is 2.32. The molecule has 0 saturated carbocycles. The Bertz CT molecular complexity index is 504. The average Bonchev–Trinajstić information content (AvgIpc) is 2.41. The number of hydrogen-bond donors (Lipinski definition) is 4. The van der Waals surface area contributed by atoms with Crippen LogP contribution in [0.3, 0.4) is 0 Å². The van der Waals surface area contributed by atoms with Crippen LogP contribution in [-0.4, -0.2) is 41.1 Å². The van der Waals surface area contributed by atoms with E-state index >= 15 is 0 Å². The van der Waals surface area contributed by atoms with Crippen LogP contribution in [0.1, 0.15) is 23.0 Å². The van der Waals surface area contributed by atoms with Gasteiger partial charge in [0, 0.05) is 26.2 Å². The van der Waals surface area contributed by atoms with Crippen molar-refractivity contribution in [2.24, 2.45) is 0 Å². The van der Waals surface area contributed by atoms with Crippen LogP contribution in [0.15, 0.2) is 18.3 Å². The summed E-state index contributed by atoms with van der Waals surface area (Å²) in [6.07, 6.45) is 1.37. The molecule has 20 heavy (non-hydrogen) atoms. The van der Waals surface area contributed by atoms with Crippen molar-refractivity contribution in [1.82, 2.24) is 20.9 Å². The first-order valence-electron chi connectivity index (χ1n) is 5.93. The summed E-state index contributed by atoms with van der Waals surface area (Å²) in [5.41, 5.74) is 0.560. The van der Waals surface area contributed by atoms with Crippen molar-refractivity contribution < 1.29 is 19.5 Å². The third kappa shape index (κ3) is 5.80. The lowest BCUT2D eigenvalue weighted by atomic mass is 10.2. The van der Waals surface area contributed by atoms with Gasteiger partial charge in [0.2, 0.25) is 5.91 Å². The van der Waals surface area contributed by atoms with Crippen LogP contribution in [0, 0.1) is 0 Å². The Kier molecular flexibility index (Phi) is 5.95. The molecule has 0 bridgehead atoms. The molecule has 8 heteroatoms. The standard InChI is InChI=1S/C12H16N4O4/c1-8(17)13-4-5-15-12(20)16-7-10-6-9(11(18)19)2-3-14-10/h2-3,6H,4-5,7H2,1H3,(H,13,17)(H,18,19)(H2,15,16,20). The van der Waals surface area contributed by atoms with Crippen LogP contribution in [0.5, 0.6) is 0 Å². The highest BCUT2D eigenvalue weighted by Gasteiger charge is 2.05. The lowest BCUT2D eigenvalue weighted by Gasteiger charge is -2.07. The van der Waals surface area contributed by atoms with E-state index in [-0.39, 0.29) is 18.0 Å². The molecule has 8 nitrogen and oxygen atoms in total. The maximum atomic E-state index is 11.4. The predicted molar refractivity (Wildman–Crippen MR) is 70.1 cm³/mol. The molecule has 0 aliphatic carbocycles. The van der Waals surface area contributed by atoms with E-state index in [0.29, 0.717) is 18.8 Å². The number of carbonyl (C=O) groups is 3. The van der Waals surface area contributed by atoms with Crippen molar-refractivity contribution >= 4 is 17.9 Å². The molecule has 0 unspecified atom stereocenters. The number of rotatable bonds is 6. The predicted octanol–water partition coefficient (Wildman–Crippen LogP) is -0.285. The topological polar surface area (TPSA) is 120 Å². The second kappa shape index (κ2) is 7.72. The van der Waals surface area contributed by atoms with Crippen molar-refractivity contribution in [1.29, 1.82) is 0 Å². The highest BCUT2D eigenvalue weighted by molar-refractivity contribution is 5.87. The quantitative estimate of drug-likeness (QED) is 0.534. The van der Waals surface area contributed by atoms with Crippen LogP contribution in [0.2, 0.25) is 0 Å². The molecule has 108 valence electrons. The van der Waals surface area contributed by atoms with Gasteiger partial charge in [-0.3, -0.25) is 9.78 Å². The van der Waals surface area contributed by atoms with Gasteiger partial charge >= 0.3 is 12.0 Å². The van der Waals surface area contributed by atoms with Crippen molar-refractivity contribution in [3.05, 3.63) is 29.6 Å². The van der Waals surface area contributed by atoms with Gasteiger partial charge in [-0.15, -0.1) is 0 Å². The van der Waals surface area contributed by atoms with Gasteiger partial charge in [0.25, 0.3) is 0 Å². The average molecular weight is 280 g/mol. The third-order valence-electron chi connectivity index (χ3n) is 2.28. The fourth-order valence-electron chi connectivity index (χ4n) is 1.36. The van der Waals surface area contributed by atoms with Crippen LogP contribution in [0.25, 0.3) is 0 Å². The van der Waals surface area contributed by atoms with E-state index in [2.05, 4.69) is 20.9 Å². The summed E-state index contributed by atoms with van der Waals surface area (Å²) < 4.78 is 0. The number of carboxylic acids is 1. The van der Waals surface area contributed by atoms with E-state index in [1.807, 2.05) is 0 Å². The zero-order chi connectivity index (χ0) is 15.0. The normalized spacial score (nSPS) is 9.65. The second-order valence-electron chi connectivity index (χ2n) is 3.93. The highest BCUT2D eigenvalue weighted by Crippen LogP contribution is 2.01. The lowest BCUT2D eigenvalue weighted by molar-refractivity contribution is -0.118. The molecule has 1 aromatic rings. The zero-order valence-corrected chi connectivity index (χ0v) is 11.0. The number of urea groups is 1. The van der Waals surface area contributed by atoms with Crippen LogP contribution >= 0.6 is 0 Å². The van der Waals surface area contributed by atoms with Gasteiger partial charge < -0.3 is 21.1 Å². The van der Waals surface area contributed by atoms with E-state index in [1.54, 1.807) is 0 Å². The summed E-state index contributed by atoms with van der Waals surface area (Å²) in [7, 11) is 0. The van der Waals surface area contributed by atoms with Gasteiger partial charge in [-0.25, -0.2) is 9.59 Å². The van der Waals surface area contributed by atoms with Gasteiger partial charge in [-0.2, -0.15) is 0 Å². The molecule has 0 radical (unpaired) electrons. The first kappa shape index (κ1) is 15.4. The largest absolute Gasteiger partial charge is 0.478 e. The van der Waals surface area contributed by atoms with Crippen LogP contribution in [0.4, 0.5) is 4.79 Å². The Morgan fingerprint density at radius 3 is 2.55 bits per heavy atom. The van der Waals surface area contributed by atoms with Crippen molar-refractivity contribution in [2.75, 3.05) is 13.1 Å². The number of carbonyl (C=O) groups excluding carboxylic acids is 2. The number of hydrogen-bond acceptors (Lipinski definition) is 4. The van der Waals surface area contributed by atoms with E-state index in [4.69, 9.17) is 5.11 Å². The number of nitrogens with zero attached hydrogens (tertiary/aromatic N) is 1. The molecule has 1 rings (SSSR count). The second-order valence-corrected chi connectivity index (χ2v) is 3.93. The molecule has 0 saturated heterocycles. The minimum absolute atomic E-state index is 0.114. The number of nitrogens with one attached hydrogen (secondary N) is 3. The number of amides is 3. The van der Waals surface area contributed by atoms with Crippen LogP contribution in [-0.2, 0) is 11.3 Å². The van der Waals surface area contributed by atoms with E-state index < -0.39 is 12.0 Å². The fourth-order valence-corrected chi connectivity index (χ4v) is 1.36. The van der Waals surface area contributed by atoms with Gasteiger partial charge in [-0.1, -0.05) is 0 Å². The maximum absolute atomic E-state index is 11.4. The Labute approximate surface area is 115 Å². The summed E-state index contributed by atoms with van der Waals surface area (Å²) in [4.78, 5) is 36.7. The summed E-state index contributed by atoms with van der Waals surface area (Å²) >= 11 is 0. The summed E-state index contributed by atoms with van der Waals surface area (Å²) in [5.74, 6) is -1.21. The SMILES string of the molecule is CC(=O)NCCNC(=O)NCc1cc(C(=O)O)ccn1. The molecule has 1 aromatic heterocycles. The molecule has 0 aromatic carbocycles. The minimum Gasteiger partial charge on any atom is -0.478 e. The molecular weight excluding hydrogens is 264 g/mol. The van der Waals surface area contributed by atoms with E-state index in [0.717, 1.165) is 0 Å².